The van der Waals surface area contributed by atoms with E-state index in [0.29, 0.717) is 29.6 Å². The van der Waals surface area contributed by atoms with E-state index in [0.717, 1.165) is 38.7 Å². The summed E-state index contributed by atoms with van der Waals surface area (Å²) < 4.78 is 61.5. The van der Waals surface area contributed by atoms with Gasteiger partial charge in [0, 0.05) is 59.4 Å². The second-order valence-electron chi connectivity index (χ2n) is 7.90. The first kappa shape index (κ1) is 23.2. The minimum atomic E-state index is -5.22. The Bertz CT molecular complexity index is 623. The summed E-state index contributed by atoms with van der Waals surface area (Å²) in [6.45, 7) is 9.61. The second-order valence-corrected chi connectivity index (χ2v) is 9.83. The fraction of sp³-hybridized carbons (Fsp3) is 0.941. The summed E-state index contributed by atoms with van der Waals surface area (Å²) in [6, 6.07) is 0. The number of sulfonamides is 1. The van der Waals surface area contributed by atoms with Crippen molar-refractivity contribution < 1.29 is 21.6 Å². The van der Waals surface area contributed by atoms with Crippen molar-refractivity contribution >= 4 is 16.0 Å². The molecule has 2 rings (SSSR count). The summed E-state index contributed by atoms with van der Waals surface area (Å²) in [5.74, 6) is 1.56. The quantitative estimate of drug-likeness (QED) is 0.531. The van der Waals surface area contributed by atoms with Gasteiger partial charge in [0.15, 0.2) is 5.96 Å². The lowest BCUT2D eigenvalue weighted by Gasteiger charge is -2.38. The van der Waals surface area contributed by atoms with E-state index in [-0.39, 0.29) is 19.0 Å². The fourth-order valence-corrected chi connectivity index (χ4v) is 4.71. The van der Waals surface area contributed by atoms with Crippen LogP contribution in [0.2, 0.25) is 0 Å². The third-order valence-electron chi connectivity index (χ3n) is 5.26. The highest BCUT2D eigenvalue weighted by molar-refractivity contribution is 7.90. The molecule has 0 radical (unpaired) electrons. The Morgan fingerprint density at radius 1 is 1.11 bits per heavy atom. The highest BCUT2D eigenvalue weighted by Crippen LogP contribution is 2.30. The summed E-state index contributed by atoms with van der Waals surface area (Å²) in [6.07, 6.45) is 0.808. The fourth-order valence-electron chi connectivity index (χ4n) is 3.73. The topological polar surface area (TPSA) is 68.2 Å². The number of nitrogens with one attached hydrogen (secondary N) is 1. The molecule has 2 aliphatic heterocycles. The maximum absolute atomic E-state index is 12.7. The number of rotatable bonds is 5. The molecule has 2 aliphatic rings. The third kappa shape index (κ3) is 5.96. The number of halogens is 3. The van der Waals surface area contributed by atoms with Gasteiger partial charge < -0.3 is 10.2 Å². The van der Waals surface area contributed by atoms with E-state index in [1.54, 1.807) is 7.05 Å². The van der Waals surface area contributed by atoms with Gasteiger partial charge in [-0.05, 0) is 24.7 Å². The minimum absolute atomic E-state index is 0.0966. The van der Waals surface area contributed by atoms with Crippen LogP contribution in [0.25, 0.3) is 0 Å². The lowest BCUT2D eigenvalue weighted by molar-refractivity contribution is -0.0496. The molecule has 0 aromatic rings. The normalized spacial score (nSPS) is 22.1. The van der Waals surface area contributed by atoms with Crippen molar-refractivity contribution in [2.24, 2.45) is 16.8 Å². The van der Waals surface area contributed by atoms with Gasteiger partial charge in [0.2, 0.25) is 0 Å². The number of piperidine rings is 1. The molecule has 0 aromatic carbocycles. The summed E-state index contributed by atoms with van der Waals surface area (Å²) in [5, 5.41) is 3.32. The van der Waals surface area contributed by atoms with E-state index in [4.69, 9.17) is 0 Å². The molecule has 11 heteroatoms. The summed E-state index contributed by atoms with van der Waals surface area (Å²) in [4.78, 5) is 8.96. The number of aliphatic imine (C=N–C) groups is 1. The SMILES string of the molecule is CN=C(NCC1CCN(S(=O)(=O)C(F)(F)F)CC1)N1CCN(CC(C)C)CC1. The van der Waals surface area contributed by atoms with Gasteiger partial charge in [0.25, 0.3) is 0 Å². The molecule has 0 aliphatic carbocycles. The van der Waals surface area contributed by atoms with Crippen molar-refractivity contribution in [3.63, 3.8) is 0 Å². The van der Waals surface area contributed by atoms with Gasteiger partial charge in [0.05, 0.1) is 0 Å². The number of nitrogens with zero attached hydrogens (tertiary/aromatic N) is 4. The van der Waals surface area contributed by atoms with E-state index in [1.165, 1.54) is 0 Å². The highest BCUT2D eigenvalue weighted by Gasteiger charge is 2.50. The van der Waals surface area contributed by atoms with E-state index >= 15 is 0 Å². The molecular weight excluding hydrogens is 395 g/mol. The van der Waals surface area contributed by atoms with Crippen LogP contribution in [0, 0.1) is 11.8 Å². The molecule has 0 saturated carbocycles. The monoisotopic (exact) mass is 427 g/mol. The smallest absolute Gasteiger partial charge is 0.356 e. The van der Waals surface area contributed by atoms with E-state index in [9.17, 15) is 21.6 Å². The number of hydrogen-bond acceptors (Lipinski definition) is 4. The van der Waals surface area contributed by atoms with Crippen molar-refractivity contribution in [2.45, 2.75) is 32.2 Å². The predicted molar refractivity (Wildman–Crippen MR) is 103 cm³/mol. The van der Waals surface area contributed by atoms with Crippen molar-refractivity contribution in [2.75, 3.05) is 59.4 Å². The van der Waals surface area contributed by atoms with Gasteiger partial charge >= 0.3 is 15.5 Å². The lowest BCUT2D eigenvalue weighted by atomic mass is 9.98. The van der Waals surface area contributed by atoms with Crippen LogP contribution < -0.4 is 5.32 Å². The summed E-state index contributed by atoms with van der Waals surface area (Å²) in [7, 11) is -3.49. The number of guanidine groups is 1. The molecule has 0 amide bonds. The van der Waals surface area contributed by atoms with E-state index in [2.05, 4.69) is 34.0 Å². The standard InChI is InChI=1S/C17H32F3N5O2S/c1-14(2)13-23-8-10-24(11-9-23)16(21-3)22-12-15-4-6-25(7-5-15)28(26,27)17(18,19)20/h14-15H,4-13H2,1-3H3,(H,21,22). The molecule has 0 atom stereocenters. The van der Waals surface area contributed by atoms with Crippen LogP contribution in [0.5, 0.6) is 0 Å². The van der Waals surface area contributed by atoms with Crippen LogP contribution in [0.3, 0.4) is 0 Å². The zero-order valence-corrected chi connectivity index (χ0v) is 17.7. The van der Waals surface area contributed by atoms with Gasteiger partial charge in [-0.15, -0.1) is 0 Å². The molecule has 2 saturated heterocycles. The third-order valence-corrected chi connectivity index (χ3v) is 6.89. The molecule has 7 nitrogen and oxygen atoms in total. The maximum atomic E-state index is 12.7. The van der Waals surface area contributed by atoms with Gasteiger partial charge in [0.1, 0.15) is 0 Å². The van der Waals surface area contributed by atoms with E-state index in [1.807, 2.05) is 0 Å². The van der Waals surface area contributed by atoms with Gasteiger partial charge in [-0.2, -0.15) is 17.5 Å². The predicted octanol–water partition coefficient (Wildman–Crippen LogP) is 1.40. The number of piperazine rings is 1. The average molecular weight is 428 g/mol. The summed E-state index contributed by atoms with van der Waals surface area (Å²) >= 11 is 0. The van der Waals surface area contributed by atoms with Crippen molar-refractivity contribution in [3.05, 3.63) is 0 Å². The Morgan fingerprint density at radius 3 is 2.14 bits per heavy atom. The Hall–Kier alpha value is -1.07. The average Bonchev–Trinajstić information content (AvgIpc) is 2.62. The maximum Gasteiger partial charge on any atom is 0.511 e. The zero-order chi connectivity index (χ0) is 20.9. The van der Waals surface area contributed by atoms with Gasteiger partial charge in [-0.3, -0.25) is 9.89 Å². The molecular formula is C17H32F3N5O2S. The van der Waals surface area contributed by atoms with Crippen LogP contribution >= 0.6 is 0 Å². The molecule has 0 bridgehead atoms. The van der Waals surface area contributed by atoms with Gasteiger partial charge in [-0.25, -0.2) is 8.42 Å². The molecule has 2 fully saturated rings. The van der Waals surface area contributed by atoms with Crippen LogP contribution in [0.4, 0.5) is 13.2 Å². The highest BCUT2D eigenvalue weighted by atomic mass is 32.2. The first-order valence-corrected chi connectivity index (χ1v) is 11.2. The Morgan fingerprint density at radius 2 is 1.68 bits per heavy atom. The first-order valence-electron chi connectivity index (χ1n) is 9.79. The molecule has 164 valence electrons. The molecule has 0 unspecified atom stereocenters. The molecule has 0 spiro atoms. The van der Waals surface area contributed by atoms with Crippen molar-refractivity contribution in [1.29, 1.82) is 0 Å². The zero-order valence-electron chi connectivity index (χ0n) is 16.9. The lowest BCUT2D eigenvalue weighted by Crippen LogP contribution is -2.54. The van der Waals surface area contributed by atoms with Gasteiger partial charge in [-0.1, -0.05) is 13.8 Å². The van der Waals surface area contributed by atoms with Crippen LogP contribution in [0.1, 0.15) is 26.7 Å². The number of hydrogen-bond donors (Lipinski definition) is 1. The van der Waals surface area contributed by atoms with E-state index < -0.39 is 15.5 Å². The Labute approximate surface area is 166 Å². The Kier molecular flexibility index (Phi) is 7.97. The first-order chi connectivity index (χ1) is 13.0. The van der Waals surface area contributed by atoms with Crippen LogP contribution in [0.15, 0.2) is 4.99 Å². The molecule has 1 N–H and O–H groups in total. The van der Waals surface area contributed by atoms with Crippen LogP contribution in [-0.2, 0) is 10.0 Å². The van der Waals surface area contributed by atoms with Crippen molar-refractivity contribution in [3.8, 4) is 0 Å². The van der Waals surface area contributed by atoms with Crippen LogP contribution in [-0.4, -0.2) is 93.4 Å². The molecule has 2 heterocycles. The minimum Gasteiger partial charge on any atom is -0.356 e. The number of alkyl halides is 3. The molecule has 0 aromatic heterocycles. The Balaban J connectivity index is 1.77. The molecule has 28 heavy (non-hydrogen) atoms. The largest absolute Gasteiger partial charge is 0.511 e. The van der Waals surface area contributed by atoms with Crippen molar-refractivity contribution in [1.82, 2.24) is 19.4 Å². The summed E-state index contributed by atoms with van der Waals surface area (Å²) in [5.41, 5.74) is -5.22. The second kappa shape index (κ2) is 9.62.